The Morgan fingerprint density at radius 3 is 2.47 bits per heavy atom. The molecule has 2 rings (SSSR count). The monoisotopic (exact) mass is 246 g/mol. The first-order chi connectivity index (χ1) is 7.96. The van der Waals surface area contributed by atoms with Gasteiger partial charge in [-0.3, -0.25) is 0 Å². The van der Waals surface area contributed by atoms with Crippen molar-refractivity contribution in [1.82, 2.24) is 0 Å². The molecule has 0 aliphatic carbocycles. The first-order valence-corrected chi connectivity index (χ1v) is 4.55. The van der Waals surface area contributed by atoms with Gasteiger partial charge >= 0.3 is 6.36 Å². The van der Waals surface area contributed by atoms with Crippen LogP contribution in [0.5, 0.6) is 5.75 Å². The van der Waals surface area contributed by atoms with Gasteiger partial charge in [0.15, 0.2) is 0 Å². The summed E-state index contributed by atoms with van der Waals surface area (Å²) in [6.07, 6.45) is -3.51. The van der Waals surface area contributed by atoms with E-state index in [1.807, 2.05) is 0 Å². The molecule has 0 aliphatic heterocycles. The van der Waals surface area contributed by atoms with Crippen LogP contribution >= 0.6 is 0 Å². The van der Waals surface area contributed by atoms with Crippen molar-refractivity contribution in [3.8, 4) is 17.1 Å². The Morgan fingerprint density at radius 2 is 1.88 bits per heavy atom. The third-order valence-electron chi connectivity index (χ3n) is 1.96. The number of rotatable bonds is 2. The number of ether oxygens (including phenoxy) is 1. The summed E-state index contributed by atoms with van der Waals surface area (Å²) in [5.74, 6) is -1.05. The fourth-order valence-electron chi connectivity index (χ4n) is 1.32. The number of alkyl halides is 3. The maximum absolute atomic E-state index is 13.4. The van der Waals surface area contributed by atoms with E-state index in [-0.39, 0.29) is 11.3 Å². The Labute approximate surface area is 93.4 Å². The van der Waals surface area contributed by atoms with E-state index in [9.17, 15) is 17.6 Å². The van der Waals surface area contributed by atoms with E-state index in [1.54, 1.807) is 0 Å². The second-order valence-corrected chi connectivity index (χ2v) is 3.17. The van der Waals surface area contributed by atoms with Crippen molar-refractivity contribution < 1.29 is 26.7 Å². The van der Waals surface area contributed by atoms with Crippen molar-refractivity contribution >= 4 is 0 Å². The third kappa shape index (κ3) is 2.77. The van der Waals surface area contributed by atoms with Gasteiger partial charge in [-0.05, 0) is 30.3 Å². The molecule has 90 valence electrons. The summed E-state index contributed by atoms with van der Waals surface area (Å²) in [6, 6.07) is 5.66. The minimum Gasteiger partial charge on any atom is -0.464 e. The zero-order valence-electron chi connectivity index (χ0n) is 8.29. The summed E-state index contributed by atoms with van der Waals surface area (Å²) >= 11 is 0. The lowest BCUT2D eigenvalue weighted by atomic mass is 10.1. The first kappa shape index (κ1) is 11.5. The molecule has 0 atom stereocenters. The minimum absolute atomic E-state index is 0.0863. The van der Waals surface area contributed by atoms with Crippen molar-refractivity contribution in [2.45, 2.75) is 6.36 Å². The van der Waals surface area contributed by atoms with Crippen LogP contribution in [-0.4, -0.2) is 6.36 Å². The predicted octanol–water partition coefficient (Wildman–Crippen LogP) is 3.98. The van der Waals surface area contributed by atoms with E-state index in [2.05, 4.69) is 4.74 Å². The van der Waals surface area contributed by atoms with Gasteiger partial charge in [0.05, 0.1) is 11.8 Å². The molecule has 0 unspecified atom stereocenters. The topological polar surface area (TPSA) is 22.4 Å². The van der Waals surface area contributed by atoms with E-state index in [1.165, 1.54) is 18.4 Å². The Kier molecular flexibility index (Phi) is 2.79. The fraction of sp³-hybridized carbons (Fsp3) is 0.0909. The molecule has 0 saturated carbocycles. The van der Waals surface area contributed by atoms with Gasteiger partial charge in [0.25, 0.3) is 0 Å². The second kappa shape index (κ2) is 4.12. The SMILES string of the molecule is Fc1ccc(OC(F)(F)F)cc1-c1ccco1. The maximum Gasteiger partial charge on any atom is 0.573 e. The van der Waals surface area contributed by atoms with Gasteiger partial charge in [-0.15, -0.1) is 13.2 Å². The average Bonchev–Trinajstić information content (AvgIpc) is 2.72. The molecular formula is C11H6F4O2. The van der Waals surface area contributed by atoms with Crippen LogP contribution in [0.2, 0.25) is 0 Å². The number of hydrogen-bond donors (Lipinski definition) is 0. The molecule has 0 radical (unpaired) electrons. The van der Waals surface area contributed by atoms with E-state index in [0.717, 1.165) is 18.2 Å². The van der Waals surface area contributed by atoms with E-state index < -0.39 is 17.9 Å². The second-order valence-electron chi connectivity index (χ2n) is 3.17. The molecule has 0 aliphatic rings. The highest BCUT2D eigenvalue weighted by Crippen LogP contribution is 2.30. The quantitative estimate of drug-likeness (QED) is 0.747. The molecule has 1 heterocycles. The van der Waals surface area contributed by atoms with Gasteiger partial charge in [-0.1, -0.05) is 0 Å². The number of halogens is 4. The van der Waals surface area contributed by atoms with Gasteiger partial charge in [0.2, 0.25) is 0 Å². The molecule has 0 spiro atoms. The molecular weight excluding hydrogens is 240 g/mol. The van der Waals surface area contributed by atoms with E-state index in [0.29, 0.717) is 0 Å². The molecule has 0 amide bonds. The molecule has 0 saturated heterocycles. The minimum atomic E-state index is -4.81. The van der Waals surface area contributed by atoms with Gasteiger partial charge < -0.3 is 9.15 Å². The van der Waals surface area contributed by atoms with Crippen LogP contribution in [0.25, 0.3) is 11.3 Å². The molecule has 17 heavy (non-hydrogen) atoms. The highest BCUT2D eigenvalue weighted by atomic mass is 19.4. The summed E-state index contributed by atoms with van der Waals surface area (Å²) in [5.41, 5.74) is -0.0863. The van der Waals surface area contributed by atoms with Crippen molar-refractivity contribution in [3.63, 3.8) is 0 Å². The van der Waals surface area contributed by atoms with Crippen LogP contribution < -0.4 is 4.74 Å². The van der Waals surface area contributed by atoms with Gasteiger partial charge in [0, 0.05) is 0 Å². The zero-order valence-corrected chi connectivity index (χ0v) is 8.29. The van der Waals surface area contributed by atoms with Crippen molar-refractivity contribution in [2.75, 3.05) is 0 Å². The lowest BCUT2D eigenvalue weighted by molar-refractivity contribution is -0.274. The maximum atomic E-state index is 13.4. The lowest BCUT2D eigenvalue weighted by Crippen LogP contribution is -2.17. The Hall–Kier alpha value is -1.98. The molecule has 2 nitrogen and oxygen atoms in total. The highest BCUT2D eigenvalue weighted by Gasteiger charge is 2.31. The lowest BCUT2D eigenvalue weighted by Gasteiger charge is -2.09. The predicted molar refractivity (Wildman–Crippen MR) is 50.8 cm³/mol. The van der Waals surface area contributed by atoms with E-state index in [4.69, 9.17) is 4.42 Å². The molecule has 1 aromatic carbocycles. The summed E-state index contributed by atoms with van der Waals surface area (Å²) in [5, 5.41) is 0. The Morgan fingerprint density at radius 1 is 1.12 bits per heavy atom. The molecule has 0 N–H and O–H groups in total. The number of furan rings is 1. The number of hydrogen-bond acceptors (Lipinski definition) is 2. The molecule has 0 bridgehead atoms. The van der Waals surface area contributed by atoms with Crippen LogP contribution in [-0.2, 0) is 0 Å². The normalized spacial score (nSPS) is 11.5. The van der Waals surface area contributed by atoms with Crippen LogP contribution in [0.1, 0.15) is 0 Å². The van der Waals surface area contributed by atoms with Crippen molar-refractivity contribution in [3.05, 3.63) is 42.4 Å². The van der Waals surface area contributed by atoms with Gasteiger partial charge in [-0.2, -0.15) is 0 Å². The zero-order chi connectivity index (χ0) is 12.5. The molecule has 2 aromatic rings. The summed E-state index contributed by atoms with van der Waals surface area (Å²) in [7, 11) is 0. The third-order valence-corrected chi connectivity index (χ3v) is 1.96. The Bertz CT molecular complexity index is 503. The van der Waals surface area contributed by atoms with Crippen molar-refractivity contribution in [1.29, 1.82) is 0 Å². The summed E-state index contributed by atoms with van der Waals surface area (Å²) in [6.45, 7) is 0. The smallest absolute Gasteiger partial charge is 0.464 e. The Balaban J connectivity index is 2.37. The molecule has 6 heteroatoms. The summed E-state index contributed by atoms with van der Waals surface area (Å²) in [4.78, 5) is 0. The number of benzene rings is 1. The highest BCUT2D eigenvalue weighted by molar-refractivity contribution is 5.60. The van der Waals surface area contributed by atoms with Crippen LogP contribution in [0.3, 0.4) is 0 Å². The largest absolute Gasteiger partial charge is 0.573 e. The molecule has 0 fully saturated rings. The average molecular weight is 246 g/mol. The van der Waals surface area contributed by atoms with Crippen LogP contribution in [0, 0.1) is 5.82 Å². The van der Waals surface area contributed by atoms with Crippen molar-refractivity contribution in [2.24, 2.45) is 0 Å². The van der Waals surface area contributed by atoms with Gasteiger partial charge in [0.1, 0.15) is 17.3 Å². The van der Waals surface area contributed by atoms with Gasteiger partial charge in [-0.25, -0.2) is 4.39 Å². The van der Waals surface area contributed by atoms with Crippen LogP contribution in [0.15, 0.2) is 41.0 Å². The fourth-order valence-corrected chi connectivity index (χ4v) is 1.32. The van der Waals surface area contributed by atoms with E-state index >= 15 is 0 Å². The summed E-state index contributed by atoms with van der Waals surface area (Å²) < 4.78 is 57.9. The van der Waals surface area contributed by atoms with Crippen LogP contribution in [0.4, 0.5) is 17.6 Å². The standard InChI is InChI=1S/C11H6F4O2/c12-9-4-3-7(17-11(13,14)15)6-8(9)10-2-1-5-16-10/h1-6H. The molecule has 1 aromatic heterocycles. The first-order valence-electron chi connectivity index (χ1n) is 4.55.